The van der Waals surface area contributed by atoms with Crippen molar-refractivity contribution < 1.29 is 81.8 Å². The van der Waals surface area contributed by atoms with E-state index in [1.165, 1.54) is 0 Å². The van der Waals surface area contributed by atoms with Crippen molar-refractivity contribution in [1.29, 1.82) is 0 Å². The maximum Gasteiger partial charge on any atom is 0.451 e. The monoisotopic (exact) mass is 598 g/mol. The Morgan fingerprint density at radius 1 is 0.919 bits per heavy atom. The zero-order valence-electron chi connectivity index (χ0n) is 18.1. The normalized spacial score (nSPS) is 32.9. The second-order valence-electron chi connectivity index (χ2n) is 9.50. The van der Waals surface area contributed by atoms with Crippen molar-refractivity contribution in [3.05, 3.63) is 0 Å². The van der Waals surface area contributed by atoms with E-state index in [4.69, 9.17) is 14.5 Å². The standard InChI is InChI=1S/C17H18F8O10S2/c18-14(16(20,21)22,36-35-34-28)10(26)32-7-12-2-8-1-9(3-12)5-13(4-8,6-12)33-11(27)15(19,17(23,24)25)37(29,30)31/h8-9,28H,1-7H2,(H,29,30,31). The number of hydrogen-bond donors (Lipinski definition) is 2. The third kappa shape index (κ3) is 5.23. The van der Waals surface area contributed by atoms with Gasteiger partial charge in [0.25, 0.3) is 0 Å². The van der Waals surface area contributed by atoms with Crippen LogP contribution in [-0.2, 0) is 38.6 Å². The molecule has 2 N–H and O–H groups in total. The number of carbonyl (C=O) groups is 2. The highest BCUT2D eigenvalue weighted by Crippen LogP contribution is 2.63. The number of rotatable bonds is 9. The zero-order chi connectivity index (χ0) is 28.3. The minimum atomic E-state index is -6.71. The summed E-state index contributed by atoms with van der Waals surface area (Å²) in [4.78, 5) is 24.2. The van der Waals surface area contributed by atoms with E-state index in [0.29, 0.717) is 6.42 Å². The lowest BCUT2D eigenvalue weighted by Gasteiger charge is -2.61. The summed E-state index contributed by atoms with van der Waals surface area (Å²) in [5.41, 5.74) is -3.28. The first-order chi connectivity index (χ1) is 16.6. The molecule has 0 amide bonds. The van der Waals surface area contributed by atoms with E-state index < -0.39 is 92.3 Å². The molecule has 0 aromatic heterocycles. The van der Waals surface area contributed by atoms with Gasteiger partial charge in [-0.25, -0.2) is 23.6 Å². The van der Waals surface area contributed by atoms with E-state index in [9.17, 15) is 53.1 Å². The Labute approximate surface area is 206 Å². The molecule has 0 spiro atoms. The first kappa shape index (κ1) is 30.1. The Morgan fingerprint density at radius 3 is 1.89 bits per heavy atom. The Bertz CT molecular complexity index is 1020. The van der Waals surface area contributed by atoms with Crippen molar-refractivity contribution in [2.75, 3.05) is 6.61 Å². The molecule has 0 aromatic carbocycles. The quantitative estimate of drug-likeness (QED) is 0.0998. The number of alkyl halides is 8. The molecule has 214 valence electrons. The lowest BCUT2D eigenvalue weighted by molar-refractivity contribution is -0.433. The fraction of sp³-hybridized carbons (Fsp3) is 0.882. The topological polar surface area (TPSA) is 146 Å². The highest BCUT2D eigenvalue weighted by molar-refractivity contribution is 7.96. The summed E-state index contributed by atoms with van der Waals surface area (Å²) >= 11 is -1.27. The van der Waals surface area contributed by atoms with Crippen molar-refractivity contribution in [2.45, 2.75) is 66.5 Å². The summed E-state index contributed by atoms with van der Waals surface area (Å²) in [6, 6.07) is 0. The van der Waals surface area contributed by atoms with Gasteiger partial charge < -0.3 is 9.47 Å². The Kier molecular flexibility index (Phi) is 7.57. The predicted molar refractivity (Wildman–Crippen MR) is 101 cm³/mol. The van der Waals surface area contributed by atoms with Gasteiger partial charge in [0.2, 0.25) is 0 Å². The molecule has 4 fully saturated rings. The van der Waals surface area contributed by atoms with Crippen molar-refractivity contribution in [1.82, 2.24) is 0 Å². The smallest absolute Gasteiger partial charge is 0.451 e. The molecule has 0 aliphatic heterocycles. The third-order valence-corrected chi connectivity index (χ3v) is 8.60. The van der Waals surface area contributed by atoms with Crippen LogP contribution in [0.1, 0.15) is 38.5 Å². The van der Waals surface area contributed by atoms with Gasteiger partial charge in [0.15, 0.2) is 0 Å². The average molecular weight is 598 g/mol. The van der Waals surface area contributed by atoms with Crippen LogP contribution in [0.15, 0.2) is 0 Å². The summed E-state index contributed by atoms with van der Waals surface area (Å²) in [5.74, 6) is -6.39. The molecule has 4 aliphatic carbocycles. The van der Waals surface area contributed by atoms with Gasteiger partial charge in [-0.1, -0.05) is 5.04 Å². The van der Waals surface area contributed by atoms with Crippen LogP contribution in [0.4, 0.5) is 35.1 Å². The molecule has 0 heterocycles. The molecule has 4 aliphatic rings. The van der Waals surface area contributed by atoms with E-state index in [1.807, 2.05) is 0 Å². The minimum absolute atomic E-state index is 0.100. The molecule has 20 heteroatoms. The second-order valence-corrected chi connectivity index (χ2v) is 11.9. The fourth-order valence-electron chi connectivity index (χ4n) is 5.85. The van der Waals surface area contributed by atoms with Crippen LogP contribution in [0.25, 0.3) is 0 Å². The van der Waals surface area contributed by atoms with Crippen LogP contribution in [-0.4, -0.2) is 64.7 Å². The molecule has 0 saturated heterocycles. The van der Waals surface area contributed by atoms with Crippen LogP contribution in [0, 0.1) is 17.3 Å². The maximum absolute atomic E-state index is 14.5. The fourth-order valence-corrected chi connectivity index (χ4v) is 6.74. The van der Waals surface area contributed by atoms with E-state index in [0.717, 1.165) is 0 Å². The molecule has 0 radical (unpaired) electrons. The van der Waals surface area contributed by atoms with Crippen LogP contribution in [0.5, 0.6) is 0 Å². The molecule has 37 heavy (non-hydrogen) atoms. The van der Waals surface area contributed by atoms with Gasteiger partial charge in [-0.2, -0.15) is 34.8 Å². The van der Waals surface area contributed by atoms with Crippen molar-refractivity contribution in [3.63, 3.8) is 0 Å². The van der Waals surface area contributed by atoms with Crippen molar-refractivity contribution in [3.8, 4) is 0 Å². The summed E-state index contributed by atoms with van der Waals surface area (Å²) in [5, 5.41) is 0.207. The Morgan fingerprint density at radius 2 is 1.46 bits per heavy atom. The summed E-state index contributed by atoms with van der Waals surface area (Å²) in [6.07, 6.45) is -12.5. The van der Waals surface area contributed by atoms with Gasteiger partial charge in [0.05, 0.1) is 18.6 Å². The molecule has 4 unspecified atom stereocenters. The summed E-state index contributed by atoms with van der Waals surface area (Å²) < 4.78 is 151. The largest absolute Gasteiger partial charge is 0.462 e. The number of hydrogen-bond acceptors (Lipinski definition) is 10. The van der Waals surface area contributed by atoms with Crippen LogP contribution >= 0.6 is 12.0 Å². The molecular weight excluding hydrogens is 580 g/mol. The van der Waals surface area contributed by atoms with Gasteiger partial charge in [0, 0.05) is 5.41 Å². The van der Waals surface area contributed by atoms with Gasteiger partial charge in [-0.3, -0.25) is 4.55 Å². The van der Waals surface area contributed by atoms with Crippen LogP contribution < -0.4 is 0 Å². The van der Waals surface area contributed by atoms with Gasteiger partial charge in [-0.15, -0.1) is 4.33 Å². The van der Waals surface area contributed by atoms with E-state index in [1.54, 1.807) is 0 Å². The summed E-state index contributed by atoms with van der Waals surface area (Å²) in [7, 11) is -6.71. The van der Waals surface area contributed by atoms with Crippen LogP contribution in [0.2, 0.25) is 0 Å². The van der Waals surface area contributed by atoms with Crippen molar-refractivity contribution in [2.24, 2.45) is 17.3 Å². The average Bonchev–Trinajstić information content (AvgIpc) is 2.71. The molecule has 4 rings (SSSR count). The first-order valence-corrected chi connectivity index (χ1v) is 12.4. The van der Waals surface area contributed by atoms with E-state index in [2.05, 4.69) is 14.1 Å². The zero-order valence-corrected chi connectivity index (χ0v) is 19.7. The minimum Gasteiger partial charge on any atom is -0.462 e. The highest BCUT2D eigenvalue weighted by Gasteiger charge is 2.74. The van der Waals surface area contributed by atoms with Crippen molar-refractivity contribution >= 4 is 34.1 Å². The molecule has 0 aromatic rings. The first-order valence-electron chi connectivity index (χ1n) is 10.2. The third-order valence-electron chi connectivity index (χ3n) is 6.74. The second kappa shape index (κ2) is 9.32. The predicted octanol–water partition coefficient (Wildman–Crippen LogP) is 3.83. The van der Waals surface area contributed by atoms with E-state index >= 15 is 0 Å². The molecule has 4 saturated carbocycles. The lowest BCUT2D eigenvalue weighted by Crippen LogP contribution is -2.62. The van der Waals surface area contributed by atoms with Gasteiger partial charge >= 0.3 is 44.4 Å². The van der Waals surface area contributed by atoms with E-state index in [-0.39, 0.29) is 25.7 Å². The number of halogens is 8. The lowest BCUT2D eigenvalue weighted by atomic mass is 9.48. The van der Waals surface area contributed by atoms with Crippen LogP contribution in [0.3, 0.4) is 0 Å². The SMILES string of the molecule is O=C(OCC12CC3CC(C1)CC(OC(=O)C(F)(C(F)(F)F)S(=O)(=O)O)(C3)C2)C(F)(SOOO)C(F)(F)F. The molecular formula is C17H18F8O10S2. The van der Waals surface area contributed by atoms with Gasteiger partial charge in [0.1, 0.15) is 5.60 Å². The Balaban J connectivity index is 1.83. The number of ether oxygens (including phenoxy) is 2. The highest BCUT2D eigenvalue weighted by atomic mass is 32.2. The van der Waals surface area contributed by atoms with Gasteiger partial charge in [-0.05, 0) is 50.4 Å². The molecule has 4 bridgehead atoms. The summed E-state index contributed by atoms with van der Waals surface area (Å²) in [6.45, 7) is -0.932. The molecule has 4 atom stereocenters. The number of carbonyl (C=O) groups excluding carboxylic acids is 2. The Hall–Kier alpha value is -1.48. The number of esters is 2. The molecule has 10 nitrogen and oxygen atoms in total. The maximum atomic E-state index is 14.5.